The molecular formula is C21H27N2O+. The Kier molecular flexibility index (Phi) is 5.31. The van der Waals surface area contributed by atoms with Crippen LogP contribution in [0.15, 0.2) is 48.5 Å². The molecule has 0 bridgehead atoms. The summed E-state index contributed by atoms with van der Waals surface area (Å²) in [6.07, 6.45) is 2.11. The van der Waals surface area contributed by atoms with E-state index < -0.39 is 0 Å². The maximum atomic E-state index is 12.6. The third-order valence-corrected chi connectivity index (χ3v) is 4.98. The summed E-state index contributed by atoms with van der Waals surface area (Å²) in [4.78, 5) is 14.1. The second-order valence-electron chi connectivity index (χ2n) is 7.01. The third kappa shape index (κ3) is 4.24. The zero-order valence-corrected chi connectivity index (χ0v) is 14.6. The SMILES string of the molecule is Cc1ccc(C)c(C[NH+]2CCC[C@@H](C(=O)Nc3ccccc3)C2)c1. The van der Waals surface area contributed by atoms with Crippen LogP contribution >= 0.6 is 0 Å². The number of hydrogen-bond donors (Lipinski definition) is 2. The maximum Gasteiger partial charge on any atom is 0.233 e. The number of benzene rings is 2. The molecule has 2 N–H and O–H groups in total. The Morgan fingerprint density at radius 1 is 1.17 bits per heavy atom. The number of amides is 1. The summed E-state index contributed by atoms with van der Waals surface area (Å²) in [6, 6.07) is 16.4. The molecule has 0 radical (unpaired) electrons. The summed E-state index contributed by atoms with van der Waals surface area (Å²) >= 11 is 0. The van der Waals surface area contributed by atoms with E-state index >= 15 is 0 Å². The Bertz CT molecular complexity index is 696. The van der Waals surface area contributed by atoms with Gasteiger partial charge in [0.2, 0.25) is 5.91 Å². The highest BCUT2D eigenvalue weighted by atomic mass is 16.1. The number of nitrogens with one attached hydrogen (secondary N) is 2. The van der Waals surface area contributed by atoms with E-state index in [1.165, 1.54) is 21.6 Å². The first kappa shape index (κ1) is 16.7. The molecule has 1 aliphatic heterocycles. The van der Waals surface area contributed by atoms with E-state index in [1.54, 1.807) is 0 Å². The van der Waals surface area contributed by atoms with Crippen LogP contribution in [0.1, 0.15) is 29.5 Å². The van der Waals surface area contributed by atoms with Crippen molar-refractivity contribution in [3.63, 3.8) is 0 Å². The van der Waals surface area contributed by atoms with E-state index in [0.717, 1.165) is 38.2 Å². The van der Waals surface area contributed by atoms with Crippen molar-refractivity contribution >= 4 is 11.6 Å². The highest BCUT2D eigenvalue weighted by molar-refractivity contribution is 5.92. The molecule has 0 aliphatic carbocycles. The van der Waals surface area contributed by atoms with Gasteiger partial charge in [-0.15, -0.1) is 0 Å². The van der Waals surface area contributed by atoms with Crippen LogP contribution in [0.5, 0.6) is 0 Å². The monoisotopic (exact) mass is 323 g/mol. The highest BCUT2D eigenvalue weighted by Crippen LogP contribution is 2.14. The molecular weight excluding hydrogens is 296 g/mol. The number of piperidine rings is 1. The molecule has 3 rings (SSSR count). The minimum Gasteiger partial charge on any atom is -0.331 e. The fourth-order valence-corrected chi connectivity index (χ4v) is 3.56. The van der Waals surface area contributed by atoms with Gasteiger partial charge in [0.15, 0.2) is 0 Å². The van der Waals surface area contributed by atoms with Gasteiger partial charge in [-0.1, -0.05) is 42.0 Å². The largest absolute Gasteiger partial charge is 0.331 e. The quantitative estimate of drug-likeness (QED) is 0.891. The molecule has 0 saturated carbocycles. The molecule has 1 heterocycles. The lowest BCUT2D eigenvalue weighted by Gasteiger charge is -2.29. The van der Waals surface area contributed by atoms with E-state index in [2.05, 4.69) is 37.4 Å². The van der Waals surface area contributed by atoms with Gasteiger partial charge < -0.3 is 10.2 Å². The number of para-hydroxylation sites is 1. The molecule has 2 aromatic rings. The first-order valence-electron chi connectivity index (χ1n) is 8.87. The van der Waals surface area contributed by atoms with Crippen LogP contribution in [0.2, 0.25) is 0 Å². The molecule has 2 atom stereocenters. The van der Waals surface area contributed by atoms with Crippen LogP contribution in [-0.2, 0) is 11.3 Å². The molecule has 1 unspecified atom stereocenters. The molecule has 3 heteroatoms. The van der Waals surface area contributed by atoms with Crippen LogP contribution in [0, 0.1) is 19.8 Å². The van der Waals surface area contributed by atoms with Crippen LogP contribution in [0.25, 0.3) is 0 Å². The Labute approximate surface area is 144 Å². The topological polar surface area (TPSA) is 33.5 Å². The van der Waals surface area contributed by atoms with Gasteiger partial charge in [-0.2, -0.15) is 0 Å². The number of anilines is 1. The lowest BCUT2D eigenvalue weighted by atomic mass is 9.96. The lowest BCUT2D eigenvalue weighted by Crippen LogP contribution is -3.12. The van der Waals surface area contributed by atoms with Gasteiger partial charge in [0.1, 0.15) is 6.54 Å². The first-order valence-corrected chi connectivity index (χ1v) is 8.87. The standard InChI is InChI=1S/C21H26N2O/c1-16-10-11-17(2)19(13-16)15-23-12-6-7-18(14-23)21(24)22-20-8-4-3-5-9-20/h3-5,8-11,13,18H,6-7,12,14-15H2,1-2H3,(H,22,24)/p+1/t18-/m1/s1. The predicted octanol–water partition coefficient (Wildman–Crippen LogP) is 2.74. The zero-order chi connectivity index (χ0) is 16.9. The molecule has 0 spiro atoms. The number of quaternary nitrogens is 1. The van der Waals surface area contributed by atoms with E-state index in [0.29, 0.717) is 0 Å². The summed E-state index contributed by atoms with van der Waals surface area (Å²) in [5.74, 6) is 0.276. The van der Waals surface area contributed by atoms with Gasteiger partial charge in [0.25, 0.3) is 0 Å². The first-order chi connectivity index (χ1) is 11.6. The zero-order valence-electron chi connectivity index (χ0n) is 14.6. The van der Waals surface area contributed by atoms with Gasteiger partial charge in [0, 0.05) is 11.3 Å². The summed E-state index contributed by atoms with van der Waals surface area (Å²) in [5, 5.41) is 3.06. The molecule has 3 nitrogen and oxygen atoms in total. The Hall–Kier alpha value is -2.13. The van der Waals surface area contributed by atoms with Crippen LogP contribution < -0.4 is 10.2 Å². The van der Waals surface area contributed by atoms with Crippen LogP contribution in [0.3, 0.4) is 0 Å². The van der Waals surface area contributed by atoms with E-state index in [9.17, 15) is 4.79 Å². The van der Waals surface area contributed by atoms with Gasteiger partial charge in [0.05, 0.1) is 19.0 Å². The second-order valence-corrected chi connectivity index (χ2v) is 7.01. The average Bonchev–Trinajstić information content (AvgIpc) is 2.59. The molecule has 0 aromatic heterocycles. The number of aryl methyl sites for hydroxylation is 2. The van der Waals surface area contributed by atoms with Crippen molar-refractivity contribution < 1.29 is 9.69 Å². The van der Waals surface area contributed by atoms with Gasteiger partial charge in [-0.05, 0) is 44.4 Å². The van der Waals surface area contributed by atoms with Gasteiger partial charge >= 0.3 is 0 Å². The number of likely N-dealkylation sites (tertiary alicyclic amines) is 1. The molecule has 1 aliphatic rings. The normalized spacial score (nSPS) is 20.6. The molecule has 24 heavy (non-hydrogen) atoms. The Morgan fingerprint density at radius 2 is 1.96 bits per heavy atom. The maximum absolute atomic E-state index is 12.6. The fourth-order valence-electron chi connectivity index (χ4n) is 3.56. The number of hydrogen-bond acceptors (Lipinski definition) is 1. The van der Waals surface area contributed by atoms with Crippen molar-refractivity contribution in [3.8, 4) is 0 Å². The van der Waals surface area contributed by atoms with Crippen LogP contribution in [-0.4, -0.2) is 19.0 Å². The van der Waals surface area contributed by atoms with Crippen molar-refractivity contribution in [1.29, 1.82) is 0 Å². The second kappa shape index (κ2) is 7.63. The Morgan fingerprint density at radius 3 is 2.75 bits per heavy atom. The lowest BCUT2D eigenvalue weighted by molar-refractivity contribution is -0.921. The number of rotatable bonds is 4. The van der Waals surface area contributed by atoms with E-state index in [-0.39, 0.29) is 11.8 Å². The Balaban J connectivity index is 1.61. The number of carbonyl (C=O) groups excluding carboxylic acids is 1. The summed E-state index contributed by atoms with van der Waals surface area (Å²) in [5.41, 5.74) is 4.97. The highest BCUT2D eigenvalue weighted by Gasteiger charge is 2.29. The summed E-state index contributed by atoms with van der Waals surface area (Å²) < 4.78 is 0. The minimum atomic E-state index is 0.110. The minimum absolute atomic E-state index is 0.110. The predicted molar refractivity (Wildman–Crippen MR) is 98.1 cm³/mol. The van der Waals surface area contributed by atoms with Crippen molar-refractivity contribution in [2.24, 2.45) is 5.92 Å². The molecule has 1 saturated heterocycles. The number of carbonyl (C=O) groups is 1. The molecule has 126 valence electrons. The molecule has 1 fully saturated rings. The fraction of sp³-hybridized carbons (Fsp3) is 0.381. The summed E-state index contributed by atoms with van der Waals surface area (Å²) in [6.45, 7) is 7.42. The van der Waals surface area contributed by atoms with Gasteiger partial charge in [-0.25, -0.2) is 0 Å². The van der Waals surface area contributed by atoms with Crippen molar-refractivity contribution in [2.75, 3.05) is 18.4 Å². The smallest absolute Gasteiger partial charge is 0.233 e. The third-order valence-electron chi connectivity index (χ3n) is 4.98. The van der Waals surface area contributed by atoms with Crippen molar-refractivity contribution in [1.82, 2.24) is 0 Å². The average molecular weight is 323 g/mol. The summed E-state index contributed by atoms with van der Waals surface area (Å²) in [7, 11) is 0. The van der Waals surface area contributed by atoms with Crippen molar-refractivity contribution in [2.45, 2.75) is 33.2 Å². The molecule has 1 amide bonds. The molecule has 2 aromatic carbocycles. The van der Waals surface area contributed by atoms with E-state index in [4.69, 9.17) is 0 Å². The van der Waals surface area contributed by atoms with E-state index in [1.807, 2.05) is 30.3 Å². The van der Waals surface area contributed by atoms with Crippen LogP contribution in [0.4, 0.5) is 5.69 Å². The van der Waals surface area contributed by atoms with Crippen molar-refractivity contribution in [3.05, 3.63) is 65.2 Å². The van der Waals surface area contributed by atoms with Gasteiger partial charge in [-0.3, -0.25) is 4.79 Å².